The van der Waals surface area contributed by atoms with E-state index in [1.807, 2.05) is 36.9 Å². The van der Waals surface area contributed by atoms with Crippen molar-refractivity contribution in [3.63, 3.8) is 0 Å². The Bertz CT molecular complexity index is 2500. The molecule has 0 amide bonds. The second-order valence-electron chi connectivity index (χ2n) is 12.7. The number of anilines is 1. The summed E-state index contributed by atoms with van der Waals surface area (Å²) in [6.45, 7) is 4.66. The first-order chi connectivity index (χ1) is 23.7. The fourth-order valence-corrected chi connectivity index (χ4v) is 7.85. The van der Waals surface area contributed by atoms with Gasteiger partial charge < -0.3 is 5.32 Å². The molecule has 8 aromatic rings. The van der Waals surface area contributed by atoms with Gasteiger partial charge in [-0.3, -0.25) is 9.97 Å². The molecule has 48 heavy (non-hydrogen) atoms. The summed E-state index contributed by atoms with van der Waals surface area (Å²) in [6.07, 6.45) is 7.54. The molecule has 3 heterocycles. The Kier molecular flexibility index (Phi) is 6.65. The van der Waals surface area contributed by atoms with Crippen molar-refractivity contribution in [2.24, 2.45) is 0 Å². The van der Waals surface area contributed by atoms with Crippen LogP contribution in [0.4, 0.5) is 5.69 Å². The van der Waals surface area contributed by atoms with Gasteiger partial charge in [0.15, 0.2) is 0 Å². The number of aryl methyl sites for hydroxylation is 2. The van der Waals surface area contributed by atoms with E-state index >= 15 is 0 Å². The van der Waals surface area contributed by atoms with Gasteiger partial charge in [-0.15, -0.1) is 0 Å². The lowest BCUT2D eigenvalue weighted by atomic mass is 9.76. The summed E-state index contributed by atoms with van der Waals surface area (Å²) >= 11 is 0. The average molecular weight is 616 g/mol. The molecule has 2 aromatic heterocycles. The van der Waals surface area contributed by atoms with Gasteiger partial charge in [-0.2, -0.15) is 0 Å². The minimum Gasteiger partial charge on any atom is -0.374 e. The van der Waals surface area contributed by atoms with Crippen molar-refractivity contribution >= 4 is 27.2 Å². The number of hydrogen-bond donors (Lipinski definition) is 1. The summed E-state index contributed by atoms with van der Waals surface area (Å²) in [5.41, 5.74) is 15.9. The van der Waals surface area contributed by atoms with E-state index in [9.17, 15) is 0 Å². The molecule has 0 bridgehead atoms. The highest BCUT2D eigenvalue weighted by molar-refractivity contribution is 6.19. The number of aromatic nitrogens is 2. The zero-order valence-electron chi connectivity index (χ0n) is 26.9. The molecule has 0 saturated carbocycles. The molecule has 0 spiro atoms. The van der Waals surface area contributed by atoms with Crippen molar-refractivity contribution in [3.8, 4) is 44.5 Å². The molecule has 0 aliphatic carbocycles. The van der Waals surface area contributed by atoms with Crippen LogP contribution in [0.3, 0.4) is 0 Å². The van der Waals surface area contributed by atoms with Gasteiger partial charge in [0.1, 0.15) is 0 Å². The van der Waals surface area contributed by atoms with Crippen LogP contribution in [-0.2, 0) is 0 Å². The Morgan fingerprint density at radius 3 is 1.96 bits per heavy atom. The molecule has 3 heteroatoms. The summed E-state index contributed by atoms with van der Waals surface area (Å²) in [6, 6.07) is 46.1. The Morgan fingerprint density at radius 1 is 0.521 bits per heavy atom. The van der Waals surface area contributed by atoms with Gasteiger partial charge in [0.2, 0.25) is 0 Å². The molecule has 1 aliphatic rings. The maximum absolute atomic E-state index is 4.40. The van der Waals surface area contributed by atoms with Crippen molar-refractivity contribution in [1.82, 2.24) is 9.97 Å². The second kappa shape index (κ2) is 11.3. The molecule has 1 unspecified atom stereocenters. The van der Waals surface area contributed by atoms with Crippen molar-refractivity contribution in [1.29, 1.82) is 0 Å². The van der Waals surface area contributed by atoms with Crippen LogP contribution >= 0.6 is 0 Å². The molecular weight excluding hydrogens is 583 g/mol. The normalized spacial score (nSPS) is 13.6. The summed E-state index contributed by atoms with van der Waals surface area (Å²) in [5.74, 6) is 0. The monoisotopic (exact) mass is 615 g/mol. The molecule has 1 aliphatic heterocycles. The number of para-hydroxylation sites is 1. The highest BCUT2D eigenvalue weighted by atomic mass is 14.9. The van der Waals surface area contributed by atoms with E-state index < -0.39 is 0 Å². The zero-order valence-corrected chi connectivity index (χ0v) is 26.9. The minimum atomic E-state index is -0.0223. The third kappa shape index (κ3) is 4.51. The lowest BCUT2D eigenvalue weighted by molar-refractivity contribution is 0.919. The van der Waals surface area contributed by atoms with E-state index in [-0.39, 0.29) is 6.04 Å². The number of pyridine rings is 2. The van der Waals surface area contributed by atoms with E-state index in [0.717, 1.165) is 22.4 Å². The minimum absolute atomic E-state index is 0.0223. The van der Waals surface area contributed by atoms with Gasteiger partial charge in [-0.1, -0.05) is 91.0 Å². The number of nitrogens with zero attached hydrogens (tertiary/aromatic N) is 2. The van der Waals surface area contributed by atoms with Crippen molar-refractivity contribution < 1.29 is 0 Å². The maximum atomic E-state index is 4.40. The Labute approximate surface area is 280 Å². The lowest BCUT2D eigenvalue weighted by Crippen LogP contribution is -2.20. The van der Waals surface area contributed by atoms with E-state index in [4.69, 9.17) is 0 Å². The molecule has 0 saturated heterocycles. The van der Waals surface area contributed by atoms with Gasteiger partial charge in [-0.25, -0.2) is 0 Å². The van der Waals surface area contributed by atoms with Gasteiger partial charge in [0.25, 0.3) is 0 Å². The van der Waals surface area contributed by atoms with E-state index in [0.29, 0.717) is 0 Å². The third-order valence-electron chi connectivity index (χ3n) is 10.0. The van der Waals surface area contributed by atoms with Crippen LogP contribution < -0.4 is 5.32 Å². The maximum Gasteiger partial charge on any atom is 0.0776 e. The molecular formula is C45H33N3. The van der Waals surface area contributed by atoms with Gasteiger partial charge in [0.05, 0.1) is 6.04 Å². The topological polar surface area (TPSA) is 37.8 Å². The van der Waals surface area contributed by atoms with Crippen LogP contribution in [-0.4, -0.2) is 9.97 Å². The third-order valence-corrected chi connectivity index (χ3v) is 10.0. The van der Waals surface area contributed by atoms with Crippen molar-refractivity contribution in [2.75, 3.05) is 5.32 Å². The Balaban J connectivity index is 1.36. The quantitative estimate of drug-likeness (QED) is 0.200. The predicted octanol–water partition coefficient (Wildman–Crippen LogP) is 11.6. The smallest absolute Gasteiger partial charge is 0.0776 e. The van der Waals surface area contributed by atoms with Crippen LogP contribution in [0.25, 0.3) is 66.1 Å². The first-order valence-electron chi connectivity index (χ1n) is 16.5. The first-order valence-corrected chi connectivity index (χ1v) is 16.5. The zero-order chi connectivity index (χ0) is 32.2. The van der Waals surface area contributed by atoms with Crippen LogP contribution in [0.1, 0.15) is 28.3 Å². The standard InChI is InChI=1S/C45H33N3/c1-28-42-38-19-5-6-20-40(38)48-45(34-15-8-13-31(24-34)36-17-10-22-47-27-36)44(42)29(2)41-37-18-4-3-11-33(37)25-39(43(28)41)32-14-7-12-30(23-32)35-16-9-21-46-26-35/h3-27,45,48H,1-2H3. The summed E-state index contributed by atoms with van der Waals surface area (Å²) in [4.78, 5) is 8.79. The fraction of sp³-hybridized carbons (Fsp3) is 0.0667. The summed E-state index contributed by atoms with van der Waals surface area (Å²) in [7, 11) is 0. The number of rotatable bonds is 4. The number of benzene rings is 6. The number of hydrogen-bond acceptors (Lipinski definition) is 3. The highest BCUT2D eigenvalue weighted by Gasteiger charge is 2.31. The average Bonchev–Trinajstić information content (AvgIpc) is 3.16. The van der Waals surface area contributed by atoms with Gasteiger partial charge >= 0.3 is 0 Å². The number of fused-ring (bicyclic) bond motifs is 6. The predicted molar refractivity (Wildman–Crippen MR) is 200 cm³/mol. The SMILES string of the molecule is Cc1c2c(c(C)c3c1c(-c1cccc(-c4cccnc4)c1)cc1ccccc13)C(c1cccc(-c3cccnc3)c1)Nc1ccccc1-2. The van der Waals surface area contributed by atoms with Crippen LogP contribution in [0.2, 0.25) is 0 Å². The Hall–Kier alpha value is -6.06. The highest BCUT2D eigenvalue weighted by Crippen LogP contribution is 2.51. The van der Waals surface area contributed by atoms with Crippen molar-refractivity contribution in [3.05, 3.63) is 174 Å². The second-order valence-corrected chi connectivity index (χ2v) is 12.7. The molecule has 0 fully saturated rings. The van der Waals surface area contributed by atoms with Gasteiger partial charge in [-0.05, 0) is 127 Å². The molecule has 6 aromatic carbocycles. The van der Waals surface area contributed by atoms with E-state index in [2.05, 4.69) is 144 Å². The van der Waals surface area contributed by atoms with Gasteiger partial charge in [0, 0.05) is 41.6 Å². The summed E-state index contributed by atoms with van der Waals surface area (Å²) in [5, 5.41) is 9.14. The van der Waals surface area contributed by atoms with E-state index in [1.54, 1.807) is 0 Å². The lowest BCUT2D eigenvalue weighted by Gasteiger charge is -2.34. The fourth-order valence-electron chi connectivity index (χ4n) is 7.85. The van der Waals surface area contributed by atoms with Crippen LogP contribution in [0.15, 0.2) is 152 Å². The molecule has 1 N–H and O–H groups in total. The van der Waals surface area contributed by atoms with Crippen LogP contribution in [0.5, 0.6) is 0 Å². The molecule has 3 nitrogen and oxygen atoms in total. The summed E-state index contributed by atoms with van der Waals surface area (Å²) < 4.78 is 0. The molecule has 1 atom stereocenters. The van der Waals surface area contributed by atoms with E-state index in [1.165, 1.54) is 71.6 Å². The Morgan fingerprint density at radius 2 is 1.19 bits per heavy atom. The number of nitrogens with one attached hydrogen (secondary N) is 1. The molecule has 228 valence electrons. The molecule has 0 radical (unpaired) electrons. The van der Waals surface area contributed by atoms with Crippen LogP contribution in [0, 0.1) is 13.8 Å². The van der Waals surface area contributed by atoms with Crippen molar-refractivity contribution in [2.45, 2.75) is 19.9 Å². The largest absolute Gasteiger partial charge is 0.374 e. The molecule has 9 rings (SSSR count). The first kappa shape index (κ1) is 28.2.